The number of nitrogens with two attached hydrogens (primary N) is 1. The second-order valence-electron chi connectivity index (χ2n) is 3.48. The van der Waals surface area contributed by atoms with Gasteiger partial charge in [-0.15, -0.1) is 0 Å². The van der Waals surface area contributed by atoms with Crippen LogP contribution in [0.4, 0.5) is 5.82 Å². The average Bonchev–Trinajstić information content (AvgIpc) is 2.16. The van der Waals surface area contributed by atoms with E-state index in [-0.39, 0.29) is 11.5 Å². The summed E-state index contributed by atoms with van der Waals surface area (Å²) >= 11 is 0. The molecule has 4 nitrogen and oxygen atoms in total. The molecule has 0 fully saturated rings. The van der Waals surface area contributed by atoms with Crippen LogP contribution >= 0.6 is 0 Å². The van der Waals surface area contributed by atoms with E-state index in [1.807, 2.05) is 13.8 Å². The van der Waals surface area contributed by atoms with Gasteiger partial charge in [0, 0.05) is 5.92 Å². The van der Waals surface area contributed by atoms with E-state index in [9.17, 15) is 4.79 Å². The van der Waals surface area contributed by atoms with Crippen LogP contribution in [0.3, 0.4) is 0 Å². The molecule has 0 saturated carbocycles. The molecule has 1 aromatic rings. The highest BCUT2D eigenvalue weighted by atomic mass is 16.1. The maximum atomic E-state index is 11.5. The van der Waals surface area contributed by atoms with Gasteiger partial charge in [-0.05, 0) is 12.8 Å². The molecule has 1 atom stereocenters. The zero-order valence-electron chi connectivity index (χ0n) is 8.92. The molecular weight excluding hydrogens is 178 g/mol. The first kappa shape index (κ1) is 10.8. The summed E-state index contributed by atoms with van der Waals surface area (Å²) in [7, 11) is 0. The predicted octanol–water partition coefficient (Wildman–Crippen LogP) is 1.43. The maximum Gasteiger partial charge on any atom is 0.256 e. The summed E-state index contributed by atoms with van der Waals surface area (Å²) in [5.74, 6) is 1.30. The highest BCUT2D eigenvalue weighted by Crippen LogP contribution is 2.14. The largest absolute Gasteiger partial charge is 0.383 e. The minimum atomic E-state index is -0.102. The molecule has 0 aliphatic rings. The van der Waals surface area contributed by atoms with E-state index in [0.717, 1.165) is 6.42 Å². The summed E-state index contributed by atoms with van der Waals surface area (Å²) in [6, 6.07) is 0. The fourth-order valence-corrected chi connectivity index (χ4v) is 1.30. The van der Waals surface area contributed by atoms with E-state index >= 15 is 0 Å². The Kier molecular flexibility index (Phi) is 3.28. The number of hydrogen-bond donors (Lipinski definition) is 2. The Bertz CT molecular complexity index is 370. The Labute approximate surface area is 83.6 Å². The van der Waals surface area contributed by atoms with Crippen molar-refractivity contribution in [3.8, 4) is 0 Å². The SMILES string of the molecule is CCc1c(N)nc(C(C)CC)[nH]c1=O. The Morgan fingerprint density at radius 2 is 2.14 bits per heavy atom. The van der Waals surface area contributed by atoms with Crippen molar-refractivity contribution in [2.24, 2.45) is 0 Å². The number of H-pyrrole nitrogens is 1. The minimum Gasteiger partial charge on any atom is -0.383 e. The van der Waals surface area contributed by atoms with Gasteiger partial charge in [-0.25, -0.2) is 4.98 Å². The van der Waals surface area contributed by atoms with Crippen molar-refractivity contribution in [2.75, 3.05) is 5.73 Å². The summed E-state index contributed by atoms with van der Waals surface area (Å²) in [4.78, 5) is 18.5. The third kappa shape index (κ3) is 1.95. The lowest BCUT2D eigenvalue weighted by Gasteiger charge is -2.09. The molecule has 0 aliphatic heterocycles. The quantitative estimate of drug-likeness (QED) is 0.766. The number of nitrogens with zero attached hydrogens (tertiary/aromatic N) is 1. The molecule has 1 heterocycles. The van der Waals surface area contributed by atoms with Gasteiger partial charge < -0.3 is 10.7 Å². The van der Waals surface area contributed by atoms with Crippen LogP contribution in [0.15, 0.2) is 4.79 Å². The van der Waals surface area contributed by atoms with Crippen LogP contribution in [0.5, 0.6) is 0 Å². The number of nitrogens with one attached hydrogen (secondary N) is 1. The van der Waals surface area contributed by atoms with E-state index < -0.39 is 0 Å². The van der Waals surface area contributed by atoms with Gasteiger partial charge in [0.15, 0.2) is 0 Å². The molecule has 0 spiro atoms. The summed E-state index contributed by atoms with van der Waals surface area (Å²) < 4.78 is 0. The standard InChI is InChI=1S/C10H17N3O/c1-4-6(3)9-12-8(11)7(5-2)10(14)13-9/h6H,4-5H2,1-3H3,(H3,11,12,13,14). The topological polar surface area (TPSA) is 71.8 Å². The molecule has 1 rings (SSSR count). The Morgan fingerprint density at radius 1 is 1.50 bits per heavy atom. The number of hydrogen-bond acceptors (Lipinski definition) is 3. The number of rotatable bonds is 3. The second-order valence-corrected chi connectivity index (χ2v) is 3.48. The van der Waals surface area contributed by atoms with E-state index in [1.165, 1.54) is 0 Å². The summed E-state index contributed by atoms with van der Waals surface area (Å²) in [5, 5.41) is 0. The van der Waals surface area contributed by atoms with E-state index in [4.69, 9.17) is 5.73 Å². The van der Waals surface area contributed by atoms with Crippen LogP contribution in [0.25, 0.3) is 0 Å². The fourth-order valence-electron chi connectivity index (χ4n) is 1.30. The first-order chi connectivity index (χ1) is 6.60. The van der Waals surface area contributed by atoms with Crippen LogP contribution in [-0.2, 0) is 6.42 Å². The van der Waals surface area contributed by atoms with Crippen molar-refractivity contribution in [2.45, 2.75) is 39.5 Å². The summed E-state index contributed by atoms with van der Waals surface area (Å²) in [5.41, 5.74) is 6.17. The van der Waals surface area contributed by atoms with Gasteiger partial charge in [-0.3, -0.25) is 4.79 Å². The zero-order chi connectivity index (χ0) is 10.7. The van der Waals surface area contributed by atoms with E-state index in [0.29, 0.717) is 23.6 Å². The fraction of sp³-hybridized carbons (Fsp3) is 0.600. The van der Waals surface area contributed by atoms with Crippen LogP contribution < -0.4 is 11.3 Å². The molecule has 0 radical (unpaired) electrons. The molecule has 78 valence electrons. The van der Waals surface area contributed by atoms with Gasteiger partial charge in [-0.2, -0.15) is 0 Å². The average molecular weight is 195 g/mol. The first-order valence-electron chi connectivity index (χ1n) is 4.98. The van der Waals surface area contributed by atoms with Crippen molar-refractivity contribution in [1.82, 2.24) is 9.97 Å². The molecule has 1 unspecified atom stereocenters. The highest BCUT2D eigenvalue weighted by molar-refractivity contribution is 5.37. The lowest BCUT2D eigenvalue weighted by Crippen LogP contribution is -2.20. The Morgan fingerprint density at radius 3 is 2.57 bits per heavy atom. The third-order valence-electron chi connectivity index (χ3n) is 2.50. The van der Waals surface area contributed by atoms with Gasteiger partial charge in [0.2, 0.25) is 0 Å². The molecule has 3 N–H and O–H groups in total. The molecule has 0 aromatic carbocycles. The molecule has 0 amide bonds. The van der Waals surface area contributed by atoms with E-state index in [1.54, 1.807) is 0 Å². The molecular formula is C10H17N3O. The summed E-state index contributed by atoms with van der Waals surface area (Å²) in [6.07, 6.45) is 1.56. The van der Waals surface area contributed by atoms with Crippen LogP contribution in [-0.4, -0.2) is 9.97 Å². The van der Waals surface area contributed by atoms with Crippen molar-refractivity contribution in [1.29, 1.82) is 0 Å². The number of nitrogen functional groups attached to an aromatic ring is 1. The zero-order valence-corrected chi connectivity index (χ0v) is 8.92. The molecule has 14 heavy (non-hydrogen) atoms. The lowest BCUT2D eigenvalue weighted by molar-refractivity contribution is 0.673. The normalized spacial score (nSPS) is 12.8. The minimum absolute atomic E-state index is 0.102. The number of anilines is 1. The molecule has 1 aromatic heterocycles. The lowest BCUT2D eigenvalue weighted by atomic mass is 10.1. The molecule has 0 saturated heterocycles. The van der Waals surface area contributed by atoms with Crippen molar-refractivity contribution in [3.05, 3.63) is 21.7 Å². The molecule has 0 aliphatic carbocycles. The van der Waals surface area contributed by atoms with Crippen molar-refractivity contribution in [3.63, 3.8) is 0 Å². The van der Waals surface area contributed by atoms with Gasteiger partial charge in [0.1, 0.15) is 11.6 Å². The van der Waals surface area contributed by atoms with Crippen LogP contribution in [0.1, 0.15) is 44.5 Å². The van der Waals surface area contributed by atoms with E-state index in [2.05, 4.69) is 16.9 Å². The van der Waals surface area contributed by atoms with Gasteiger partial charge in [-0.1, -0.05) is 20.8 Å². The summed E-state index contributed by atoms with van der Waals surface area (Å²) in [6.45, 7) is 5.96. The third-order valence-corrected chi connectivity index (χ3v) is 2.50. The highest BCUT2D eigenvalue weighted by Gasteiger charge is 2.10. The van der Waals surface area contributed by atoms with Gasteiger partial charge in [0.25, 0.3) is 5.56 Å². The Balaban J connectivity index is 3.21. The van der Waals surface area contributed by atoms with Crippen LogP contribution in [0, 0.1) is 0 Å². The predicted molar refractivity (Wildman–Crippen MR) is 57.4 cm³/mol. The smallest absolute Gasteiger partial charge is 0.256 e. The van der Waals surface area contributed by atoms with Crippen molar-refractivity contribution >= 4 is 5.82 Å². The monoisotopic (exact) mass is 195 g/mol. The molecule has 0 bridgehead atoms. The maximum absolute atomic E-state index is 11.5. The van der Waals surface area contributed by atoms with Crippen molar-refractivity contribution < 1.29 is 0 Å². The first-order valence-corrected chi connectivity index (χ1v) is 4.98. The van der Waals surface area contributed by atoms with Crippen LogP contribution in [0.2, 0.25) is 0 Å². The van der Waals surface area contributed by atoms with Gasteiger partial charge in [0.05, 0.1) is 5.56 Å². The Hall–Kier alpha value is -1.32. The number of aromatic amines is 1. The number of aromatic nitrogens is 2. The molecule has 4 heteroatoms. The second kappa shape index (κ2) is 4.26. The van der Waals surface area contributed by atoms with Gasteiger partial charge >= 0.3 is 0 Å².